The first kappa shape index (κ1) is 24.0. The minimum absolute atomic E-state index is 0.113. The standard InChI is InChI=1S/C26H31BF5N/c1-13(2)15-9-8-10-16-14(3)11-27(17-18(28)20(30)22(32)21(31)19(17)29)24-25(4,5)12-26(6,7)33(24)23(15)16/h8-10,13-14,27H,11-12H2,1-7H3/t14-,27+/m0/s1. The van der Waals surface area contributed by atoms with Crippen molar-refractivity contribution in [3.05, 3.63) is 58.4 Å². The normalized spacial score (nSPS) is 23.5. The second-order valence-corrected chi connectivity index (χ2v) is 11.5. The van der Waals surface area contributed by atoms with Gasteiger partial charge in [-0.3, -0.25) is 0 Å². The number of benzene rings is 2. The van der Waals surface area contributed by atoms with Crippen molar-refractivity contribution in [2.75, 3.05) is 0 Å². The number of para-hydroxylation sites is 1. The number of hydrogen-bond donors (Lipinski definition) is 0. The largest absolute Gasteiger partial charge is 0.232 e. The van der Waals surface area contributed by atoms with Gasteiger partial charge in [-0.15, -0.1) is 5.46 Å². The summed E-state index contributed by atoms with van der Waals surface area (Å²) in [5.41, 5.74) is 2.51. The molecular weight excluding hydrogens is 432 g/mol. The van der Waals surface area contributed by atoms with Crippen LogP contribution in [0.5, 0.6) is 0 Å². The molecule has 0 spiro atoms. The predicted molar refractivity (Wildman–Crippen MR) is 124 cm³/mol. The molecule has 4 rings (SSSR count). The van der Waals surface area contributed by atoms with E-state index in [1.54, 1.807) is 0 Å². The highest BCUT2D eigenvalue weighted by atomic mass is 19.2. The van der Waals surface area contributed by atoms with Crippen molar-refractivity contribution in [2.24, 2.45) is 5.41 Å². The minimum Gasteiger partial charge on any atom is -0.232 e. The molecule has 2 aliphatic rings. The zero-order valence-corrected chi connectivity index (χ0v) is 20.3. The average molecular weight is 463 g/mol. The van der Waals surface area contributed by atoms with Crippen molar-refractivity contribution in [2.45, 2.75) is 78.6 Å². The summed E-state index contributed by atoms with van der Waals surface area (Å²) in [5, 5.41) is 0. The Morgan fingerprint density at radius 3 is 2.00 bits per heavy atom. The van der Waals surface area contributed by atoms with Gasteiger partial charge in [0.15, 0.2) is 23.0 Å². The van der Waals surface area contributed by atoms with E-state index < -0.39 is 52.2 Å². The van der Waals surface area contributed by atoms with Gasteiger partial charge in [0.2, 0.25) is 5.69 Å². The first-order chi connectivity index (χ1) is 15.2. The van der Waals surface area contributed by atoms with E-state index in [-0.39, 0.29) is 11.8 Å². The van der Waals surface area contributed by atoms with E-state index in [9.17, 15) is 13.2 Å². The fourth-order valence-electron chi connectivity index (χ4n) is 6.90. The Hall–Kier alpha value is -2.18. The number of nitrogens with zero attached hydrogens (tertiary/aromatic N) is 1. The van der Waals surface area contributed by atoms with Gasteiger partial charge in [0.05, 0.1) is 0 Å². The monoisotopic (exact) mass is 463 g/mol. The van der Waals surface area contributed by atoms with E-state index in [0.29, 0.717) is 12.7 Å². The smallest absolute Gasteiger partial charge is 0.209 e. The topological polar surface area (TPSA) is 3.01 Å². The van der Waals surface area contributed by atoms with E-state index in [2.05, 4.69) is 38.3 Å². The molecule has 0 fully saturated rings. The summed E-state index contributed by atoms with van der Waals surface area (Å²) >= 11 is 0. The molecule has 0 aliphatic carbocycles. The number of fused-ring (bicyclic) bond motifs is 2. The molecule has 1 nitrogen and oxygen atoms in total. The Balaban J connectivity index is 2.16. The lowest BCUT2D eigenvalue weighted by molar-refractivity contribution is -0.514. The lowest BCUT2D eigenvalue weighted by Crippen LogP contribution is -2.50. The maximum absolute atomic E-state index is 15.2. The van der Waals surface area contributed by atoms with Gasteiger partial charge < -0.3 is 0 Å². The molecule has 0 saturated carbocycles. The predicted octanol–water partition coefficient (Wildman–Crippen LogP) is 6.59. The van der Waals surface area contributed by atoms with Gasteiger partial charge in [0.1, 0.15) is 18.3 Å². The molecule has 2 heterocycles. The summed E-state index contributed by atoms with van der Waals surface area (Å²) in [4.78, 5) is 0. The van der Waals surface area contributed by atoms with Gasteiger partial charge in [-0.1, -0.05) is 52.8 Å². The zero-order valence-electron chi connectivity index (χ0n) is 20.3. The van der Waals surface area contributed by atoms with E-state index in [0.717, 1.165) is 22.4 Å². The van der Waals surface area contributed by atoms with Crippen LogP contribution >= 0.6 is 0 Å². The Morgan fingerprint density at radius 2 is 1.45 bits per heavy atom. The third-order valence-electron chi connectivity index (χ3n) is 7.86. The van der Waals surface area contributed by atoms with Crippen molar-refractivity contribution in [3.8, 4) is 0 Å². The van der Waals surface area contributed by atoms with Gasteiger partial charge in [-0.2, -0.15) is 6.32 Å². The summed E-state index contributed by atoms with van der Waals surface area (Å²) < 4.78 is 75.0. The molecule has 7 heteroatoms. The molecule has 2 aliphatic heterocycles. The molecule has 0 saturated heterocycles. The third-order valence-corrected chi connectivity index (χ3v) is 7.86. The van der Waals surface area contributed by atoms with Crippen LogP contribution in [0.1, 0.15) is 77.8 Å². The lowest BCUT2D eigenvalue weighted by atomic mass is 9.34. The van der Waals surface area contributed by atoms with Gasteiger partial charge in [0, 0.05) is 36.8 Å². The Kier molecular flexibility index (Phi) is 5.57. The molecule has 2 atom stereocenters. The fourth-order valence-corrected chi connectivity index (χ4v) is 6.90. The van der Waals surface area contributed by atoms with Crippen molar-refractivity contribution >= 4 is 23.5 Å². The SMILES string of the molecule is CC(C)c1cccc2c1[N+]1=C([B@@H-](c3c(F)c(F)c(F)c(F)c3F)C[C@@H]2C)C(C)(C)CC1(C)C. The van der Waals surface area contributed by atoms with E-state index in [1.165, 1.54) is 0 Å². The van der Waals surface area contributed by atoms with Crippen LogP contribution in [0.3, 0.4) is 0 Å². The quantitative estimate of drug-likeness (QED) is 0.155. The van der Waals surface area contributed by atoms with Crippen LogP contribution in [0.15, 0.2) is 18.2 Å². The van der Waals surface area contributed by atoms with Crippen LogP contribution in [0, 0.1) is 34.5 Å². The highest BCUT2D eigenvalue weighted by Gasteiger charge is 2.54. The fraction of sp³-hybridized carbons (Fsp3) is 0.500. The maximum atomic E-state index is 15.2. The van der Waals surface area contributed by atoms with Crippen molar-refractivity contribution in [3.63, 3.8) is 0 Å². The Bertz CT molecular complexity index is 1150. The molecule has 0 unspecified atom stereocenters. The molecule has 0 bridgehead atoms. The summed E-state index contributed by atoms with van der Waals surface area (Å²) in [5.74, 6) is -9.13. The van der Waals surface area contributed by atoms with Crippen LogP contribution < -0.4 is 5.46 Å². The van der Waals surface area contributed by atoms with Gasteiger partial charge in [0.25, 0.3) is 0 Å². The van der Waals surface area contributed by atoms with E-state index in [4.69, 9.17) is 0 Å². The summed E-state index contributed by atoms with van der Waals surface area (Å²) in [6, 6.07) is 6.10. The first-order valence-electron chi connectivity index (χ1n) is 11.7. The number of rotatable bonds is 2. The Labute approximate surface area is 192 Å². The van der Waals surface area contributed by atoms with Crippen LogP contribution in [-0.4, -0.2) is 22.4 Å². The molecule has 0 amide bonds. The first-order valence-corrected chi connectivity index (χ1v) is 11.7. The summed E-state index contributed by atoms with van der Waals surface area (Å²) in [6.07, 6.45) is 1.03. The molecular formula is C26H31BF5N. The summed E-state index contributed by atoms with van der Waals surface area (Å²) in [6.45, 7) is 12.3. The second-order valence-electron chi connectivity index (χ2n) is 11.5. The van der Waals surface area contributed by atoms with E-state index >= 15 is 8.78 Å². The number of hydrogen-bond acceptors (Lipinski definition) is 0. The molecule has 0 radical (unpaired) electrons. The van der Waals surface area contributed by atoms with Crippen LogP contribution in [-0.2, 0) is 0 Å². The molecule has 2 aromatic rings. The number of halogens is 5. The highest BCUT2D eigenvalue weighted by Crippen LogP contribution is 2.50. The van der Waals surface area contributed by atoms with Gasteiger partial charge >= 0.3 is 0 Å². The van der Waals surface area contributed by atoms with Gasteiger partial charge in [-0.25, -0.2) is 26.5 Å². The molecule has 0 N–H and O–H groups in total. The molecule has 178 valence electrons. The van der Waals surface area contributed by atoms with Crippen molar-refractivity contribution in [1.29, 1.82) is 0 Å². The van der Waals surface area contributed by atoms with Crippen LogP contribution in [0.2, 0.25) is 6.32 Å². The zero-order chi connectivity index (χ0) is 24.6. The van der Waals surface area contributed by atoms with Crippen LogP contribution in [0.25, 0.3) is 0 Å². The minimum atomic E-state index is -2.10. The van der Waals surface area contributed by atoms with Crippen molar-refractivity contribution < 1.29 is 26.5 Å². The van der Waals surface area contributed by atoms with Gasteiger partial charge in [-0.05, 0) is 17.4 Å². The third kappa shape index (κ3) is 3.45. The molecule has 33 heavy (non-hydrogen) atoms. The molecule has 2 aromatic carbocycles. The van der Waals surface area contributed by atoms with Crippen LogP contribution in [0.4, 0.5) is 27.6 Å². The lowest BCUT2D eigenvalue weighted by Gasteiger charge is -2.31. The van der Waals surface area contributed by atoms with Crippen molar-refractivity contribution in [1.82, 2.24) is 0 Å². The Morgan fingerprint density at radius 1 is 0.909 bits per heavy atom. The summed E-state index contributed by atoms with van der Waals surface area (Å²) in [7, 11) is 0. The average Bonchev–Trinajstić information content (AvgIpc) is 2.82. The van der Waals surface area contributed by atoms with E-state index in [1.807, 2.05) is 32.9 Å². The maximum Gasteiger partial charge on any atom is 0.209 e. The second kappa shape index (κ2) is 7.67. The highest BCUT2D eigenvalue weighted by molar-refractivity contribution is 7.00. The molecule has 0 aromatic heterocycles.